The maximum Gasteiger partial charge on any atom is 0.509 e. The molecule has 0 heterocycles. The molecule has 0 atom stereocenters. The molecule has 0 amide bonds. The molecule has 0 aromatic heterocycles. The van der Waals surface area contributed by atoms with E-state index < -0.39 is 11.8 Å². The molecule has 0 saturated heterocycles. The topological polar surface area (TPSA) is 35.5 Å². The summed E-state index contributed by atoms with van der Waals surface area (Å²) in [5, 5.41) is 0. The number of hydrogen-bond donors (Lipinski definition) is 0. The van der Waals surface area contributed by atoms with Gasteiger partial charge in [-0.1, -0.05) is 26.5 Å². The summed E-state index contributed by atoms with van der Waals surface area (Å²) in [5.74, 6) is 0. The van der Waals surface area contributed by atoms with Gasteiger partial charge in [-0.05, 0) is 38.3 Å². The number of carbonyl (C=O) groups is 1. The Labute approximate surface area is 98.1 Å². The maximum atomic E-state index is 11.2. The highest BCUT2D eigenvalue weighted by molar-refractivity contribution is 5.60. The lowest BCUT2D eigenvalue weighted by atomic mass is 10.1. The molecule has 0 aromatic rings. The Morgan fingerprint density at radius 1 is 1.19 bits per heavy atom. The van der Waals surface area contributed by atoms with Gasteiger partial charge in [0.25, 0.3) is 0 Å². The van der Waals surface area contributed by atoms with Gasteiger partial charge in [0.15, 0.2) is 0 Å². The van der Waals surface area contributed by atoms with E-state index in [-0.39, 0.29) is 6.61 Å². The first-order valence-electron chi connectivity index (χ1n) is 5.48. The van der Waals surface area contributed by atoms with Gasteiger partial charge < -0.3 is 9.47 Å². The first kappa shape index (κ1) is 14.8. The molecule has 0 fully saturated rings. The van der Waals surface area contributed by atoms with E-state index in [1.54, 1.807) is 20.8 Å². The summed E-state index contributed by atoms with van der Waals surface area (Å²) in [5.41, 5.74) is 1.14. The van der Waals surface area contributed by atoms with E-state index in [9.17, 15) is 4.79 Å². The van der Waals surface area contributed by atoms with Crippen molar-refractivity contribution in [2.24, 2.45) is 0 Å². The number of hydrogen-bond acceptors (Lipinski definition) is 3. The molecule has 0 aromatic carbocycles. The summed E-state index contributed by atoms with van der Waals surface area (Å²) >= 11 is 0. The van der Waals surface area contributed by atoms with Crippen molar-refractivity contribution in [1.82, 2.24) is 0 Å². The minimum absolute atomic E-state index is 0.147. The second kappa shape index (κ2) is 6.36. The Morgan fingerprint density at radius 3 is 2.19 bits per heavy atom. The van der Waals surface area contributed by atoms with Crippen LogP contribution in [0.25, 0.3) is 0 Å². The molecule has 0 aliphatic carbocycles. The lowest BCUT2D eigenvalue weighted by Gasteiger charge is -2.19. The second-order valence-corrected chi connectivity index (χ2v) is 4.71. The lowest BCUT2D eigenvalue weighted by molar-refractivity contribution is -0.00320. The fourth-order valence-electron chi connectivity index (χ4n) is 1.01. The molecule has 0 saturated carbocycles. The highest BCUT2D eigenvalue weighted by atomic mass is 16.7. The van der Waals surface area contributed by atoms with E-state index in [1.807, 2.05) is 0 Å². The van der Waals surface area contributed by atoms with Crippen LogP contribution in [-0.4, -0.2) is 18.4 Å². The largest absolute Gasteiger partial charge is 0.509 e. The summed E-state index contributed by atoms with van der Waals surface area (Å²) in [6, 6.07) is 0. The molecule has 0 spiro atoms. The Hall–Kier alpha value is -1.25. The monoisotopic (exact) mass is 226 g/mol. The summed E-state index contributed by atoms with van der Waals surface area (Å²) in [6.45, 7) is 15.3. The van der Waals surface area contributed by atoms with Crippen LogP contribution >= 0.6 is 0 Å². The summed E-state index contributed by atoms with van der Waals surface area (Å²) < 4.78 is 9.92. The predicted molar refractivity (Wildman–Crippen MR) is 65.4 cm³/mol. The van der Waals surface area contributed by atoms with Crippen molar-refractivity contribution < 1.29 is 14.3 Å². The van der Waals surface area contributed by atoms with Gasteiger partial charge in [0.2, 0.25) is 0 Å². The summed E-state index contributed by atoms with van der Waals surface area (Å²) in [7, 11) is 0. The number of ether oxygens (including phenoxy) is 2. The average molecular weight is 226 g/mol. The molecule has 92 valence electrons. The first-order chi connectivity index (χ1) is 7.26. The molecule has 0 unspecified atom stereocenters. The molecule has 3 heteroatoms. The van der Waals surface area contributed by atoms with Gasteiger partial charge in [-0.2, -0.15) is 0 Å². The van der Waals surface area contributed by atoms with E-state index in [2.05, 4.69) is 20.1 Å². The van der Waals surface area contributed by atoms with Crippen LogP contribution in [0, 0.1) is 0 Å². The van der Waals surface area contributed by atoms with Gasteiger partial charge in [0.05, 0.1) is 0 Å². The Bertz CT molecular complexity index is 271. The Balaban J connectivity index is 3.93. The van der Waals surface area contributed by atoms with Crippen molar-refractivity contribution in [3.05, 3.63) is 24.3 Å². The van der Waals surface area contributed by atoms with Crippen LogP contribution in [0.2, 0.25) is 0 Å². The highest BCUT2D eigenvalue weighted by Crippen LogP contribution is 2.13. The van der Waals surface area contributed by atoms with E-state index in [0.29, 0.717) is 0 Å². The fourth-order valence-corrected chi connectivity index (χ4v) is 1.01. The molecule has 0 rings (SSSR count). The molecular weight excluding hydrogens is 204 g/mol. The van der Waals surface area contributed by atoms with Crippen molar-refractivity contribution in [2.75, 3.05) is 6.61 Å². The summed E-state index contributed by atoms with van der Waals surface area (Å²) in [4.78, 5) is 11.2. The molecule has 3 nitrogen and oxygen atoms in total. The van der Waals surface area contributed by atoms with Crippen molar-refractivity contribution in [2.45, 2.75) is 46.1 Å². The van der Waals surface area contributed by atoms with Crippen LogP contribution in [0.4, 0.5) is 4.79 Å². The van der Waals surface area contributed by atoms with Crippen LogP contribution in [-0.2, 0) is 9.47 Å². The van der Waals surface area contributed by atoms with Gasteiger partial charge >= 0.3 is 6.16 Å². The van der Waals surface area contributed by atoms with E-state index in [4.69, 9.17) is 9.47 Å². The standard InChI is InChI=1S/C13H22O3/c1-7-8-10(2)11(3)9-15-12(14)16-13(4,5)6/h2-3,7-9H2,1,4-6H3. The van der Waals surface area contributed by atoms with Crippen LogP contribution in [0.3, 0.4) is 0 Å². The van der Waals surface area contributed by atoms with Gasteiger partial charge in [-0.25, -0.2) is 4.79 Å². The fraction of sp³-hybridized carbons (Fsp3) is 0.615. The normalized spacial score (nSPS) is 10.8. The first-order valence-corrected chi connectivity index (χ1v) is 5.48. The lowest BCUT2D eigenvalue weighted by Crippen LogP contribution is -2.24. The molecule has 0 aliphatic rings. The van der Waals surface area contributed by atoms with Crippen molar-refractivity contribution in [3.63, 3.8) is 0 Å². The van der Waals surface area contributed by atoms with Crippen molar-refractivity contribution in [3.8, 4) is 0 Å². The minimum Gasteiger partial charge on any atom is -0.429 e. The molecule has 0 bridgehead atoms. The quantitative estimate of drug-likeness (QED) is 0.527. The molecule has 0 radical (unpaired) electrons. The third-order valence-corrected chi connectivity index (χ3v) is 1.81. The third kappa shape index (κ3) is 7.10. The van der Waals surface area contributed by atoms with E-state index in [0.717, 1.165) is 24.0 Å². The van der Waals surface area contributed by atoms with Gasteiger partial charge in [0, 0.05) is 0 Å². The maximum absolute atomic E-state index is 11.2. The Morgan fingerprint density at radius 2 is 1.75 bits per heavy atom. The van der Waals surface area contributed by atoms with Crippen molar-refractivity contribution in [1.29, 1.82) is 0 Å². The van der Waals surface area contributed by atoms with Gasteiger partial charge in [-0.3, -0.25) is 0 Å². The predicted octanol–water partition coefficient (Wildman–Crippen LogP) is 3.85. The zero-order valence-electron chi connectivity index (χ0n) is 10.8. The molecular formula is C13H22O3. The zero-order valence-corrected chi connectivity index (χ0v) is 10.8. The van der Waals surface area contributed by atoms with Crippen LogP contribution in [0.5, 0.6) is 0 Å². The second-order valence-electron chi connectivity index (χ2n) is 4.71. The van der Waals surface area contributed by atoms with Crippen LogP contribution in [0.15, 0.2) is 24.3 Å². The van der Waals surface area contributed by atoms with Gasteiger partial charge in [-0.15, -0.1) is 0 Å². The molecule has 0 aliphatic heterocycles. The summed E-state index contributed by atoms with van der Waals surface area (Å²) in [6.07, 6.45) is 1.21. The van der Waals surface area contributed by atoms with Crippen LogP contribution < -0.4 is 0 Å². The highest BCUT2D eigenvalue weighted by Gasteiger charge is 2.17. The van der Waals surface area contributed by atoms with Crippen LogP contribution in [0.1, 0.15) is 40.5 Å². The number of rotatable bonds is 5. The number of carbonyl (C=O) groups excluding carboxylic acids is 1. The average Bonchev–Trinajstić information content (AvgIpc) is 2.11. The van der Waals surface area contributed by atoms with Crippen molar-refractivity contribution >= 4 is 6.16 Å². The molecule has 16 heavy (non-hydrogen) atoms. The van der Waals surface area contributed by atoms with E-state index >= 15 is 0 Å². The minimum atomic E-state index is -0.669. The van der Waals surface area contributed by atoms with E-state index in [1.165, 1.54) is 0 Å². The Kier molecular flexibility index (Phi) is 5.86. The molecule has 0 N–H and O–H groups in total. The smallest absolute Gasteiger partial charge is 0.429 e. The zero-order chi connectivity index (χ0) is 12.8. The van der Waals surface area contributed by atoms with Gasteiger partial charge in [0.1, 0.15) is 12.2 Å². The SMILES string of the molecule is C=C(CCC)C(=C)COC(=O)OC(C)(C)C. The third-order valence-electron chi connectivity index (χ3n) is 1.81.